The lowest BCUT2D eigenvalue weighted by Gasteiger charge is -2.06. The average molecular weight is 227 g/mol. The fourth-order valence-corrected chi connectivity index (χ4v) is 1.54. The van der Waals surface area contributed by atoms with E-state index < -0.39 is 0 Å². The van der Waals surface area contributed by atoms with Crippen LogP contribution in [0.5, 0.6) is 0 Å². The minimum atomic E-state index is -0.120. The fraction of sp³-hybridized carbons (Fsp3) is 0.818. The highest BCUT2D eigenvalue weighted by Crippen LogP contribution is 2.13. The van der Waals surface area contributed by atoms with Gasteiger partial charge in [-0.05, 0) is 20.3 Å². The Hall–Kier alpha value is -0.940. The van der Waals surface area contributed by atoms with E-state index in [0.29, 0.717) is 24.7 Å². The van der Waals surface area contributed by atoms with E-state index in [1.54, 1.807) is 0 Å². The Morgan fingerprint density at radius 3 is 2.81 bits per heavy atom. The summed E-state index contributed by atoms with van der Waals surface area (Å²) in [5.74, 6) is 1.20. The van der Waals surface area contributed by atoms with Crippen molar-refractivity contribution in [1.29, 1.82) is 0 Å². The van der Waals surface area contributed by atoms with Gasteiger partial charge in [0.1, 0.15) is 6.10 Å². The normalized spacial score (nSPS) is 15.0. The second-order valence-corrected chi connectivity index (χ2v) is 3.90. The van der Waals surface area contributed by atoms with Crippen LogP contribution in [0.15, 0.2) is 4.52 Å². The lowest BCUT2D eigenvalue weighted by Crippen LogP contribution is -2.22. The first-order valence-corrected chi connectivity index (χ1v) is 5.87. The third-order valence-electron chi connectivity index (χ3n) is 2.36. The van der Waals surface area contributed by atoms with Crippen molar-refractivity contribution in [2.75, 3.05) is 6.61 Å². The van der Waals surface area contributed by atoms with Gasteiger partial charge in [-0.1, -0.05) is 18.5 Å². The van der Waals surface area contributed by atoms with Crippen molar-refractivity contribution < 1.29 is 9.26 Å². The Morgan fingerprint density at radius 1 is 1.44 bits per heavy atom. The molecule has 0 saturated heterocycles. The van der Waals surface area contributed by atoms with Crippen LogP contribution in [0.25, 0.3) is 0 Å². The van der Waals surface area contributed by atoms with Crippen LogP contribution in [-0.2, 0) is 11.2 Å². The molecule has 1 aromatic heterocycles. The highest BCUT2D eigenvalue weighted by Gasteiger charge is 2.15. The van der Waals surface area contributed by atoms with E-state index >= 15 is 0 Å². The van der Waals surface area contributed by atoms with Gasteiger partial charge in [0, 0.05) is 19.1 Å². The van der Waals surface area contributed by atoms with Crippen molar-refractivity contribution in [3.63, 3.8) is 0 Å². The van der Waals surface area contributed by atoms with E-state index in [9.17, 15) is 0 Å². The average Bonchev–Trinajstić information content (AvgIpc) is 2.67. The molecule has 0 spiro atoms. The molecule has 0 saturated carbocycles. The number of aromatic nitrogens is 2. The van der Waals surface area contributed by atoms with Gasteiger partial charge in [-0.3, -0.25) is 0 Å². The third-order valence-corrected chi connectivity index (χ3v) is 2.36. The largest absolute Gasteiger partial charge is 0.371 e. The molecule has 92 valence electrons. The highest BCUT2D eigenvalue weighted by molar-refractivity contribution is 4.91. The van der Waals surface area contributed by atoms with Crippen LogP contribution < -0.4 is 5.73 Å². The lowest BCUT2D eigenvalue weighted by molar-refractivity contribution is 0.0683. The number of nitrogens with zero attached hydrogens (tertiary/aromatic N) is 2. The van der Waals surface area contributed by atoms with E-state index in [1.807, 2.05) is 13.8 Å². The van der Waals surface area contributed by atoms with Crippen molar-refractivity contribution in [2.45, 2.75) is 52.2 Å². The fourth-order valence-electron chi connectivity index (χ4n) is 1.54. The highest BCUT2D eigenvalue weighted by atomic mass is 16.5. The molecule has 2 N–H and O–H groups in total. The first kappa shape index (κ1) is 13.1. The summed E-state index contributed by atoms with van der Waals surface area (Å²) in [6, 6.07) is 0.0979. The van der Waals surface area contributed by atoms with Crippen LogP contribution in [0.2, 0.25) is 0 Å². The predicted octanol–water partition coefficient (Wildman–Crippen LogP) is 1.84. The number of hydrogen-bond acceptors (Lipinski definition) is 5. The van der Waals surface area contributed by atoms with Crippen LogP contribution in [0, 0.1) is 0 Å². The molecule has 0 fully saturated rings. The Bertz CT molecular complexity index is 301. The summed E-state index contributed by atoms with van der Waals surface area (Å²) < 4.78 is 10.5. The molecule has 0 aliphatic heterocycles. The predicted molar refractivity (Wildman–Crippen MR) is 60.9 cm³/mol. The summed E-state index contributed by atoms with van der Waals surface area (Å²) in [4.78, 5) is 4.27. The summed E-state index contributed by atoms with van der Waals surface area (Å²) in [7, 11) is 0. The molecule has 0 bridgehead atoms. The second kappa shape index (κ2) is 6.60. The van der Waals surface area contributed by atoms with E-state index in [2.05, 4.69) is 17.1 Å². The molecular formula is C11H21N3O2. The summed E-state index contributed by atoms with van der Waals surface area (Å²) >= 11 is 0. The Labute approximate surface area is 96.4 Å². The molecule has 1 heterocycles. The molecule has 2 atom stereocenters. The number of ether oxygens (including phenoxy) is 1. The molecule has 1 aromatic rings. The van der Waals surface area contributed by atoms with Crippen molar-refractivity contribution in [3.8, 4) is 0 Å². The maximum Gasteiger partial charge on any atom is 0.228 e. The van der Waals surface area contributed by atoms with Crippen LogP contribution in [0.1, 0.15) is 51.4 Å². The maximum absolute atomic E-state index is 5.90. The summed E-state index contributed by atoms with van der Waals surface area (Å²) in [5, 5.41) is 3.88. The summed E-state index contributed by atoms with van der Waals surface area (Å²) in [6.07, 6.45) is 2.56. The second-order valence-electron chi connectivity index (χ2n) is 3.90. The van der Waals surface area contributed by atoms with Crippen molar-refractivity contribution in [3.05, 3.63) is 11.7 Å². The zero-order valence-corrected chi connectivity index (χ0v) is 10.3. The van der Waals surface area contributed by atoms with E-state index in [4.69, 9.17) is 15.0 Å². The number of hydrogen-bond donors (Lipinski definition) is 1. The molecule has 5 heteroatoms. The SMILES string of the molecule is CCCC(N)Cc1nc(C(C)OCC)no1. The maximum atomic E-state index is 5.90. The molecule has 5 nitrogen and oxygen atoms in total. The van der Waals surface area contributed by atoms with Gasteiger partial charge in [0.25, 0.3) is 0 Å². The quantitative estimate of drug-likeness (QED) is 0.769. The number of nitrogens with two attached hydrogens (primary N) is 1. The molecule has 0 amide bonds. The van der Waals surface area contributed by atoms with Crippen LogP contribution >= 0.6 is 0 Å². The first-order chi connectivity index (χ1) is 7.67. The first-order valence-electron chi connectivity index (χ1n) is 5.87. The van der Waals surface area contributed by atoms with Gasteiger partial charge < -0.3 is 15.0 Å². The molecule has 0 radical (unpaired) electrons. The standard InChI is InChI=1S/C11H21N3O2/c1-4-6-9(12)7-10-13-11(14-16-10)8(3)15-5-2/h8-9H,4-7,12H2,1-3H3. The Morgan fingerprint density at radius 2 is 2.19 bits per heavy atom. The molecule has 2 unspecified atom stereocenters. The molecule has 0 aliphatic carbocycles. The smallest absolute Gasteiger partial charge is 0.228 e. The van der Waals surface area contributed by atoms with Crippen LogP contribution in [0.3, 0.4) is 0 Å². The molecule has 1 rings (SSSR count). The van der Waals surface area contributed by atoms with Crippen molar-refractivity contribution >= 4 is 0 Å². The minimum absolute atomic E-state index is 0.0979. The van der Waals surface area contributed by atoms with E-state index in [1.165, 1.54) is 0 Å². The Balaban J connectivity index is 2.50. The Kier molecular flexibility index (Phi) is 5.42. The molecule has 0 aliphatic rings. The summed E-state index contributed by atoms with van der Waals surface area (Å²) in [5.41, 5.74) is 5.90. The van der Waals surface area contributed by atoms with Crippen LogP contribution in [-0.4, -0.2) is 22.8 Å². The molecule has 16 heavy (non-hydrogen) atoms. The lowest BCUT2D eigenvalue weighted by atomic mass is 10.1. The van der Waals surface area contributed by atoms with Crippen molar-refractivity contribution in [1.82, 2.24) is 10.1 Å². The zero-order valence-electron chi connectivity index (χ0n) is 10.3. The monoisotopic (exact) mass is 227 g/mol. The molecule has 0 aromatic carbocycles. The zero-order chi connectivity index (χ0) is 12.0. The number of rotatable bonds is 7. The van der Waals surface area contributed by atoms with Gasteiger partial charge in [-0.25, -0.2) is 0 Å². The molecular weight excluding hydrogens is 206 g/mol. The third kappa shape index (κ3) is 3.90. The van der Waals surface area contributed by atoms with Crippen molar-refractivity contribution in [2.24, 2.45) is 5.73 Å². The van der Waals surface area contributed by atoms with Gasteiger partial charge in [-0.2, -0.15) is 4.98 Å². The minimum Gasteiger partial charge on any atom is -0.371 e. The van der Waals surface area contributed by atoms with E-state index in [0.717, 1.165) is 12.8 Å². The van der Waals surface area contributed by atoms with Gasteiger partial charge in [0.2, 0.25) is 5.89 Å². The van der Waals surface area contributed by atoms with Crippen LogP contribution in [0.4, 0.5) is 0 Å². The van der Waals surface area contributed by atoms with Gasteiger partial charge in [-0.15, -0.1) is 0 Å². The summed E-state index contributed by atoms with van der Waals surface area (Å²) in [6.45, 7) is 6.59. The van der Waals surface area contributed by atoms with E-state index in [-0.39, 0.29) is 12.1 Å². The van der Waals surface area contributed by atoms with Gasteiger partial charge in [0.15, 0.2) is 5.82 Å². The van der Waals surface area contributed by atoms with Gasteiger partial charge >= 0.3 is 0 Å². The van der Waals surface area contributed by atoms with Gasteiger partial charge in [0.05, 0.1) is 0 Å². The topological polar surface area (TPSA) is 74.2 Å².